The van der Waals surface area contributed by atoms with E-state index in [1.54, 1.807) is 6.33 Å². The van der Waals surface area contributed by atoms with Gasteiger partial charge in [0.1, 0.15) is 12.1 Å². The topological polar surface area (TPSA) is 55.0 Å². The smallest absolute Gasteiger partial charge is 0.136 e. The van der Waals surface area contributed by atoms with Gasteiger partial charge in [-0.05, 0) is 6.92 Å². The highest BCUT2D eigenvalue weighted by atomic mass is 32.2. The highest BCUT2D eigenvalue weighted by Crippen LogP contribution is 2.33. The number of aromatic nitrogens is 2. The molecular formula is C10H16N4S. The van der Waals surface area contributed by atoms with E-state index >= 15 is 0 Å². The Morgan fingerprint density at radius 3 is 3.07 bits per heavy atom. The number of nitrogens with two attached hydrogens (primary N) is 1. The summed E-state index contributed by atoms with van der Waals surface area (Å²) in [4.78, 5) is 10.8. The molecule has 1 aromatic rings. The third-order valence-electron chi connectivity index (χ3n) is 2.83. The molecule has 0 aliphatic carbocycles. The first kappa shape index (κ1) is 10.7. The van der Waals surface area contributed by atoms with Crippen molar-refractivity contribution in [3.8, 4) is 0 Å². The van der Waals surface area contributed by atoms with E-state index in [-0.39, 0.29) is 0 Å². The predicted octanol–water partition coefficient (Wildman–Crippen LogP) is 1.01. The Morgan fingerprint density at radius 2 is 2.33 bits per heavy atom. The molecule has 0 fully saturated rings. The van der Waals surface area contributed by atoms with Gasteiger partial charge < -0.3 is 10.6 Å². The maximum atomic E-state index is 5.67. The first-order valence-corrected chi connectivity index (χ1v) is 6.23. The van der Waals surface area contributed by atoms with Gasteiger partial charge in [-0.2, -0.15) is 11.8 Å². The van der Waals surface area contributed by atoms with E-state index in [0.717, 1.165) is 17.3 Å². The van der Waals surface area contributed by atoms with Crippen molar-refractivity contribution in [1.82, 2.24) is 9.97 Å². The van der Waals surface area contributed by atoms with Crippen LogP contribution in [0.4, 0.5) is 5.82 Å². The maximum absolute atomic E-state index is 5.67. The zero-order chi connectivity index (χ0) is 10.8. The van der Waals surface area contributed by atoms with Crippen LogP contribution in [-0.2, 0) is 11.5 Å². The Hall–Kier alpha value is -0.810. The van der Waals surface area contributed by atoms with Gasteiger partial charge >= 0.3 is 0 Å². The first-order valence-electron chi connectivity index (χ1n) is 5.07. The first-order chi connectivity index (χ1) is 7.24. The molecular weight excluding hydrogens is 208 g/mol. The van der Waals surface area contributed by atoms with Crippen molar-refractivity contribution in [2.45, 2.75) is 24.5 Å². The van der Waals surface area contributed by atoms with Crippen LogP contribution in [0, 0.1) is 0 Å². The van der Waals surface area contributed by atoms with E-state index in [1.807, 2.05) is 18.8 Å². The lowest BCUT2D eigenvalue weighted by Crippen LogP contribution is -2.36. The zero-order valence-corrected chi connectivity index (χ0v) is 9.92. The molecule has 0 saturated heterocycles. The molecule has 1 aliphatic heterocycles. The van der Waals surface area contributed by atoms with Crippen LogP contribution in [0.2, 0.25) is 0 Å². The van der Waals surface area contributed by atoms with Crippen LogP contribution < -0.4 is 10.6 Å². The summed E-state index contributed by atoms with van der Waals surface area (Å²) in [6.07, 6.45) is 1.65. The second-order valence-electron chi connectivity index (χ2n) is 3.81. The maximum Gasteiger partial charge on any atom is 0.136 e. The fourth-order valence-corrected chi connectivity index (χ4v) is 2.67. The predicted molar refractivity (Wildman–Crippen MR) is 64.0 cm³/mol. The number of thioether (sulfide) groups is 1. The van der Waals surface area contributed by atoms with E-state index in [1.165, 1.54) is 11.3 Å². The summed E-state index contributed by atoms with van der Waals surface area (Å²) in [5.41, 5.74) is 8.13. The Kier molecular flexibility index (Phi) is 3.11. The van der Waals surface area contributed by atoms with Crippen LogP contribution >= 0.6 is 11.8 Å². The van der Waals surface area contributed by atoms with Gasteiger partial charge in [-0.3, -0.25) is 0 Å². The molecule has 1 aromatic heterocycles. The Bertz CT molecular complexity index is 355. The van der Waals surface area contributed by atoms with Crippen LogP contribution in [0.25, 0.3) is 0 Å². The standard InChI is InChI=1S/C10H16N4S/c1-7(3-11)14(2)10-8-4-15-5-9(8)12-6-13-10/h6-7H,3-5,11H2,1-2H3. The number of likely N-dealkylation sites (N-methyl/N-ethyl adjacent to an activating group) is 1. The lowest BCUT2D eigenvalue weighted by Gasteiger charge is -2.26. The summed E-state index contributed by atoms with van der Waals surface area (Å²) in [6.45, 7) is 2.75. The number of nitrogens with zero attached hydrogens (tertiary/aromatic N) is 3. The van der Waals surface area contributed by atoms with Crippen molar-refractivity contribution in [2.24, 2.45) is 5.73 Å². The van der Waals surface area contributed by atoms with Crippen LogP contribution in [0.1, 0.15) is 18.2 Å². The van der Waals surface area contributed by atoms with Gasteiger partial charge in [-0.25, -0.2) is 9.97 Å². The van der Waals surface area contributed by atoms with E-state index in [4.69, 9.17) is 5.73 Å². The lowest BCUT2D eigenvalue weighted by molar-refractivity contribution is 0.683. The zero-order valence-electron chi connectivity index (χ0n) is 9.10. The van der Waals surface area contributed by atoms with E-state index < -0.39 is 0 Å². The second-order valence-corrected chi connectivity index (χ2v) is 4.80. The average Bonchev–Trinajstić information content (AvgIpc) is 2.74. The minimum atomic E-state index is 0.314. The number of hydrogen-bond acceptors (Lipinski definition) is 5. The van der Waals surface area contributed by atoms with Crippen molar-refractivity contribution < 1.29 is 0 Å². The molecule has 1 unspecified atom stereocenters. The number of fused-ring (bicyclic) bond motifs is 1. The highest BCUT2D eigenvalue weighted by Gasteiger charge is 2.21. The fourth-order valence-electron chi connectivity index (χ4n) is 1.63. The molecule has 0 saturated carbocycles. The quantitative estimate of drug-likeness (QED) is 0.830. The van der Waals surface area contributed by atoms with Crippen molar-refractivity contribution >= 4 is 17.6 Å². The molecule has 5 heteroatoms. The van der Waals surface area contributed by atoms with E-state index in [2.05, 4.69) is 21.8 Å². The Balaban J connectivity index is 2.32. The summed E-state index contributed by atoms with van der Waals surface area (Å²) >= 11 is 1.89. The van der Waals surface area contributed by atoms with Gasteiger partial charge in [0.2, 0.25) is 0 Å². The summed E-state index contributed by atoms with van der Waals surface area (Å²) in [7, 11) is 2.04. The Morgan fingerprint density at radius 1 is 1.53 bits per heavy atom. The monoisotopic (exact) mass is 224 g/mol. The van der Waals surface area contributed by atoms with Gasteiger partial charge in [0.15, 0.2) is 0 Å². The molecule has 2 rings (SSSR count). The van der Waals surface area contributed by atoms with Crippen LogP contribution in [0.5, 0.6) is 0 Å². The van der Waals surface area contributed by atoms with Crippen LogP contribution in [0.15, 0.2) is 6.33 Å². The van der Waals surface area contributed by atoms with Gasteiger partial charge in [0.05, 0.1) is 5.69 Å². The van der Waals surface area contributed by atoms with Gasteiger partial charge in [0, 0.05) is 36.7 Å². The third kappa shape index (κ3) is 1.94. The second kappa shape index (κ2) is 4.37. The average molecular weight is 224 g/mol. The summed E-state index contributed by atoms with van der Waals surface area (Å²) in [5, 5.41) is 0. The number of hydrogen-bond donors (Lipinski definition) is 1. The molecule has 2 heterocycles. The van der Waals surface area contributed by atoms with Gasteiger partial charge in [-0.1, -0.05) is 0 Å². The SMILES string of the molecule is CC(CN)N(C)c1ncnc2c1CSC2. The third-order valence-corrected chi connectivity index (χ3v) is 3.80. The fraction of sp³-hybridized carbons (Fsp3) is 0.600. The summed E-state index contributed by atoms with van der Waals surface area (Å²) in [5.74, 6) is 3.07. The molecule has 0 bridgehead atoms. The number of rotatable bonds is 3. The van der Waals surface area contributed by atoms with E-state index in [0.29, 0.717) is 12.6 Å². The van der Waals surface area contributed by atoms with Crippen molar-refractivity contribution in [2.75, 3.05) is 18.5 Å². The molecule has 0 aromatic carbocycles. The largest absolute Gasteiger partial charge is 0.355 e. The molecule has 1 aliphatic rings. The minimum Gasteiger partial charge on any atom is -0.355 e. The van der Waals surface area contributed by atoms with Crippen LogP contribution in [-0.4, -0.2) is 29.6 Å². The molecule has 4 nitrogen and oxygen atoms in total. The molecule has 15 heavy (non-hydrogen) atoms. The molecule has 2 N–H and O–H groups in total. The highest BCUT2D eigenvalue weighted by molar-refractivity contribution is 7.98. The van der Waals surface area contributed by atoms with Crippen molar-refractivity contribution in [3.63, 3.8) is 0 Å². The Labute approximate surface area is 94.3 Å². The molecule has 1 atom stereocenters. The molecule has 0 spiro atoms. The molecule has 0 radical (unpaired) electrons. The minimum absolute atomic E-state index is 0.314. The normalized spacial score (nSPS) is 16.2. The van der Waals surface area contributed by atoms with E-state index in [9.17, 15) is 0 Å². The summed E-state index contributed by atoms with van der Waals surface area (Å²) < 4.78 is 0. The van der Waals surface area contributed by atoms with Crippen molar-refractivity contribution in [1.29, 1.82) is 0 Å². The molecule has 82 valence electrons. The van der Waals surface area contributed by atoms with Gasteiger partial charge in [0.25, 0.3) is 0 Å². The number of anilines is 1. The lowest BCUT2D eigenvalue weighted by atomic mass is 10.2. The van der Waals surface area contributed by atoms with Gasteiger partial charge in [-0.15, -0.1) is 0 Å². The summed E-state index contributed by atoms with van der Waals surface area (Å²) in [6, 6.07) is 0.314. The molecule has 0 amide bonds. The van der Waals surface area contributed by atoms with Crippen LogP contribution in [0.3, 0.4) is 0 Å². The van der Waals surface area contributed by atoms with Crippen molar-refractivity contribution in [3.05, 3.63) is 17.6 Å².